The predicted octanol–water partition coefficient (Wildman–Crippen LogP) is 0.651. The lowest BCUT2D eigenvalue weighted by molar-refractivity contribution is -0.991. The number of aromatic nitrogens is 1. The molecule has 2 rings (SSSR count). The zero-order valence-electron chi connectivity index (χ0n) is 7.19. The van der Waals surface area contributed by atoms with E-state index in [2.05, 4.69) is 0 Å². The average molecular weight is 178 g/mol. The molecule has 0 aliphatic carbocycles. The van der Waals surface area contributed by atoms with Crippen molar-refractivity contribution in [1.29, 1.82) is 0 Å². The monoisotopic (exact) mass is 178 g/mol. The summed E-state index contributed by atoms with van der Waals surface area (Å²) in [6.07, 6.45) is 3.52. The number of aryl methyl sites for hydroxylation is 1. The maximum absolute atomic E-state index is 10.6. The Bertz CT molecular complexity index is 434. The number of hydrogen-bond donors (Lipinski definition) is 2. The highest BCUT2D eigenvalue weighted by Crippen LogP contribution is 2.11. The summed E-state index contributed by atoms with van der Waals surface area (Å²) in [5.41, 5.74) is 2.45. The molecule has 0 saturated heterocycles. The lowest BCUT2D eigenvalue weighted by Gasteiger charge is -2.11. The highest BCUT2D eigenvalue weighted by molar-refractivity contribution is 5.52. The van der Waals surface area contributed by atoms with Crippen molar-refractivity contribution >= 4 is 11.2 Å². The molecule has 2 heterocycles. The Morgan fingerprint density at radius 2 is 2.15 bits per heavy atom. The molecule has 4 nitrogen and oxygen atoms in total. The summed E-state index contributed by atoms with van der Waals surface area (Å²) >= 11 is 0. The average Bonchev–Trinajstić information content (AvgIpc) is 2.42. The molecule has 2 aromatic rings. The zero-order chi connectivity index (χ0) is 9.42. The van der Waals surface area contributed by atoms with Crippen molar-refractivity contribution in [2.45, 2.75) is 6.92 Å². The van der Waals surface area contributed by atoms with Crippen LogP contribution in [0.2, 0.25) is 0 Å². The molecule has 0 saturated carbocycles. The molecule has 0 aliphatic rings. The minimum atomic E-state index is -0.895. The second kappa shape index (κ2) is 2.85. The highest BCUT2D eigenvalue weighted by Gasteiger charge is 2.01. The van der Waals surface area contributed by atoms with Crippen molar-refractivity contribution in [3.05, 3.63) is 41.4 Å². The van der Waals surface area contributed by atoms with Gasteiger partial charge in [-0.2, -0.15) is 5.23 Å². The minimum absolute atomic E-state index is 0.308. The Morgan fingerprint density at radius 3 is 2.85 bits per heavy atom. The summed E-state index contributed by atoms with van der Waals surface area (Å²) in [6.45, 7) is 1.98. The van der Waals surface area contributed by atoms with Crippen molar-refractivity contribution in [3.8, 4) is 0 Å². The topological polar surface area (TPSA) is 52.1 Å². The van der Waals surface area contributed by atoms with E-state index >= 15 is 0 Å². The van der Waals surface area contributed by atoms with Crippen LogP contribution in [0.1, 0.15) is 5.56 Å². The van der Waals surface area contributed by atoms with Crippen LogP contribution in [0, 0.1) is 12.1 Å². The molecule has 1 unspecified atom stereocenters. The Labute approximate surface area is 75.2 Å². The van der Waals surface area contributed by atoms with Gasteiger partial charge in [0.15, 0.2) is 5.69 Å². The third-order valence-corrected chi connectivity index (χ3v) is 1.98. The van der Waals surface area contributed by atoms with Crippen LogP contribution in [0.3, 0.4) is 0 Å². The fourth-order valence-electron chi connectivity index (χ4n) is 1.38. The first kappa shape index (κ1) is 8.25. The van der Waals surface area contributed by atoms with Crippen LogP contribution in [0.25, 0.3) is 5.52 Å². The Balaban J connectivity index is 2.61. The molecule has 0 aromatic carbocycles. The summed E-state index contributed by atoms with van der Waals surface area (Å²) in [7, 11) is 0. The smallest absolute Gasteiger partial charge is 0.180 e. The van der Waals surface area contributed by atoms with E-state index in [-0.39, 0.29) is 0 Å². The maximum Gasteiger partial charge on any atom is 0.180 e. The zero-order valence-corrected chi connectivity index (χ0v) is 7.19. The molecule has 2 N–H and O–H groups in total. The molecule has 13 heavy (non-hydrogen) atoms. The predicted molar refractivity (Wildman–Crippen MR) is 47.9 cm³/mol. The van der Waals surface area contributed by atoms with Crippen LogP contribution >= 0.6 is 0 Å². The maximum atomic E-state index is 10.6. The van der Waals surface area contributed by atoms with E-state index in [4.69, 9.17) is 5.21 Å². The van der Waals surface area contributed by atoms with Gasteiger partial charge in [-0.1, -0.05) is 0 Å². The summed E-state index contributed by atoms with van der Waals surface area (Å²) in [5.74, 6) is 0. The van der Waals surface area contributed by atoms with Crippen LogP contribution < -0.4 is 5.23 Å². The van der Waals surface area contributed by atoms with Gasteiger partial charge in [-0.05, 0) is 24.6 Å². The molecule has 0 aliphatic heterocycles. The summed E-state index contributed by atoms with van der Waals surface area (Å²) in [4.78, 5) is 0. The van der Waals surface area contributed by atoms with Gasteiger partial charge in [0, 0.05) is 17.8 Å². The van der Waals surface area contributed by atoms with Gasteiger partial charge >= 0.3 is 0 Å². The molecular weight excluding hydrogens is 168 g/mol. The summed E-state index contributed by atoms with van der Waals surface area (Å²) in [6, 6.07) is 5.42. The molecule has 4 heteroatoms. The first-order chi connectivity index (χ1) is 6.16. The van der Waals surface area contributed by atoms with Gasteiger partial charge in [-0.3, -0.25) is 0 Å². The van der Waals surface area contributed by atoms with E-state index in [1.165, 1.54) is 0 Å². The molecule has 0 bridgehead atoms. The van der Waals surface area contributed by atoms with Crippen molar-refractivity contribution in [2.24, 2.45) is 0 Å². The van der Waals surface area contributed by atoms with Crippen molar-refractivity contribution in [2.75, 3.05) is 0 Å². The quantitative estimate of drug-likeness (QED) is 0.630. The number of fused-ring (bicyclic) bond motifs is 1. The van der Waals surface area contributed by atoms with Crippen LogP contribution in [0.4, 0.5) is 5.69 Å². The Hall–Kier alpha value is -1.36. The number of pyridine rings is 1. The molecule has 0 amide bonds. The number of nitrogens with zero attached hydrogens (tertiary/aromatic N) is 1. The lowest BCUT2D eigenvalue weighted by atomic mass is 10.3. The van der Waals surface area contributed by atoms with Gasteiger partial charge in [-0.25, -0.2) is 5.21 Å². The fourth-order valence-corrected chi connectivity index (χ4v) is 1.38. The fraction of sp³-hybridized carbons (Fsp3) is 0.111. The number of nitrogens with one attached hydrogen (secondary N) is 1. The third kappa shape index (κ3) is 1.42. The Kier molecular flexibility index (Phi) is 1.81. The largest absolute Gasteiger partial charge is 0.595 e. The SMILES string of the molecule is Cc1cc2ccc([NH+]([O-])O)cn2c1. The van der Waals surface area contributed by atoms with Crippen LogP contribution in [-0.4, -0.2) is 9.61 Å². The first-order valence-corrected chi connectivity index (χ1v) is 3.98. The van der Waals surface area contributed by atoms with E-state index in [0.29, 0.717) is 5.69 Å². The lowest BCUT2D eigenvalue weighted by Crippen LogP contribution is -2.99. The molecule has 1 atom stereocenters. The Morgan fingerprint density at radius 1 is 1.38 bits per heavy atom. The number of hydrogen-bond acceptors (Lipinski definition) is 2. The molecule has 0 fully saturated rings. The van der Waals surface area contributed by atoms with Crippen LogP contribution in [0.15, 0.2) is 30.6 Å². The number of quaternary nitrogens is 1. The van der Waals surface area contributed by atoms with Gasteiger partial charge in [0.25, 0.3) is 0 Å². The molecule has 2 aromatic heterocycles. The van der Waals surface area contributed by atoms with E-state index in [0.717, 1.165) is 11.1 Å². The van der Waals surface area contributed by atoms with E-state index in [9.17, 15) is 5.21 Å². The molecular formula is C9H10N2O2. The summed E-state index contributed by atoms with van der Waals surface area (Å²) in [5, 5.41) is 18.5. The third-order valence-electron chi connectivity index (χ3n) is 1.98. The molecule has 0 radical (unpaired) electrons. The molecule has 68 valence electrons. The molecule has 0 spiro atoms. The van der Waals surface area contributed by atoms with Gasteiger partial charge in [0.2, 0.25) is 0 Å². The van der Waals surface area contributed by atoms with E-state index in [1.807, 2.05) is 23.6 Å². The number of rotatable bonds is 1. The summed E-state index contributed by atoms with van der Waals surface area (Å²) < 4.78 is 1.82. The van der Waals surface area contributed by atoms with Gasteiger partial charge < -0.3 is 9.61 Å². The van der Waals surface area contributed by atoms with Crippen molar-refractivity contribution in [1.82, 2.24) is 4.40 Å². The van der Waals surface area contributed by atoms with Gasteiger partial charge in [0.05, 0.1) is 6.20 Å². The van der Waals surface area contributed by atoms with Gasteiger partial charge in [-0.15, -0.1) is 0 Å². The van der Waals surface area contributed by atoms with Crippen LogP contribution in [-0.2, 0) is 0 Å². The van der Waals surface area contributed by atoms with E-state index < -0.39 is 5.23 Å². The highest BCUT2D eigenvalue weighted by atomic mass is 16.8. The minimum Gasteiger partial charge on any atom is -0.595 e. The van der Waals surface area contributed by atoms with Crippen molar-refractivity contribution < 1.29 is 10.4 Å². The van der Waals surface area contributed by atoms with E-state index in [1.54, 1.807) is 18.3 Å². The second-order valence-electron chi connectivity index (χ2n) is 3.07. The second-order valence-corrected chi connectivity index (χ2v) is 3.07. The standard InChI is InChI=1S/C9H10N2O2/c1-7-4-8-2-3-9(11(12)13)6-10(8)5-7/h2-6,11-12H,1H3. The van der Waals surface area contributed by atoms with Gasteiger partial charge in [0.1, 0.15) is 0 Å². The van der Waals surface area contributed by atoms with Crippen LogP contribution in [0.5, 0.6) is 0 Å². The normalized spacial score (nSPS) is 13.5. The first-order valence-electron chi connectivity index (χ1n) is 3.98. The van der Waals surface area contributed by atoms with Crippen molar-refractivity contribution in [3.63, 3.8) is 0 Å².